The summed E-state index contributed by atoms with van der Waals surface area (Å²) in [6.45, 7) is 1.61. The van der Waals surface area contributed by atoms with Crippen LogP contribution in [0.4, 0.5) is 5.69 Å². The number of carbonyl (C=O) groups excluding carboxylic acids is 2. The molecule has 0 unspecified atom stereocenters. The van der Waals surface area contributed by atoms with Crippen molar-refractivity contribution in [2.24, 2.45) is 17.8 Å². The van der Waals surface area contributed by atoms with E-state index >= 15 is 0 Å². The second-order valence-corrected chi connectivity index (χ2v) is 7.48. The lowest BCUT2D eigenvalue weighted by molar-refractivity contribution is -0.120. The molecular weight excluding hydrogens is 324 g/mol. The second kappa shape index (κ2) is 6.25. The van der Waals surface area contributed by atoms with Gasteiger partial charge in [-0.25, -0.2) is 0 Å². The number of benzene rings is 1. The lowest BCUT2D eigenvalue weighted by atomic mass is 9.93. The van der Waals surface area contributed by atoms with Crippen LogP contribution in [0, 0.1) is 17.8 Å². The predicted molar refractivity (Wildman–Crippen MR) is 94.1 cm³/mol. The van der Waals surface area contributed by atoms with Crippen molar-refractivity contribution in [3.8, 4) is 0 Å². The van der Waals surface area contributed by atoms with E-state index in [-0.39, 0.29) is 17.7 Å². The Hall–Kier alpha value is -1.81. The van der Waals surface area contributed by atoms with Gasteiger partial charge in [-0.15, -0.1) is 0 Å². The Morgan fingerprint density at radius 3 is 2.58 bits per heavy atom. The van der Waals surface area contributed by atoms with Crippen molar-refractivity contribution in [3.63, 3.8) is 0 Å². The smallest absolute Gasteiger partial charge is 0.253 e. The van der Waals surface area contributed by atoms with E-state index in [0.29, 0.717) is 28.1 Å². The minimum Gasteiger partial charge on any atom is -0.339 e. The molecule has 5 heteroatoms. The molecule has 24 heavy (non-hydrogen) atoms. The number of halogens is 1. The molecule has 2 bridgehead atoms. The van der Waals surface area contributed by atoms with Gasteiger partial charge in [0.1, 0.15) is 0 Å². The molecule has 3 atom stereocenters. The summed E-state index contributed by atoms with van der Waals surface area (Å²) >= 11 is 6.24. The first kappa shape index (κ1) is 15.7. The minimum atomic E-state index is 0.0134. The van der Waals surface area contributed by atoms with E-state index < -0.39 is 0 Å². The van der Waals surface area contributed by atoms with Crippen molar-refractivity contribution in [2.75, 3.05) is 18.4 Å². The SMILES string of the molecule is O=C(Nc1cc(C(=O)N2CCCC2)ccc1Cl)[C@@H]1C[C@@H]2C=C[C@H]1C2. The van der Waals surface area contributed by atoms with Crippen LogP contribution in [0.1, 0.15) is 36.0 Å². The normalized spacial score (nSPS) is 27.7. The first-order valence-electron chi connectivity index (χ1n) is 8.70. The number of fused-ring (bicyclic) bond motifs is 2. The molecule has 1 N–H and O–H groups in total. The van der Waals surface area contributed by atoms with Crippen molar-refractivity contribution in [1.29, 1.82) is 0 Å². The van der Waals surface area contributed by atoms with E-state index in [1.807, 2.05) is 4.90 Å². The Balaban J connectivity index is 1.50. The maximum atomic E-state index is 12.6. The fraction of sp³-hybridized carbons (Fsp3) is 0.474. The molecule has 1 aliphatic heterocycles. The molecule has 0 radical (unpaired) electrons. The van der Waals surface area contributed by atoms with E-state index in [1.165, 1.54) is 0 Å². The molecule has 1 aromatic carbocycles. The van der Waals surface area contributed by atoms with Gasteiger partial charge in [0, 0.05) is 24.6 Å². The maximum absolute atomic E-state index is 12.6. The van der Waals surface area contributed by atoms with E-state index in [4.69, 9.17) is 11.6 Å². The predicted octanol–water partition coefficient (Wildman–Crippen LogP) is 3.73. The quantitative estimate of drug-likeness (QED) is 0.849. The standard InChI is InChI=1S/C19H21ClN2O2/c20-16-6-5-14(19(24)22-7-1-2-8-22)11-17(16)21-18(23)15-10-12-3-4-13(15)9-12/h3-6,11-13,15H,1-2,7-10H2,(H,21,23)/t12-,13+,15-/m1/s1. The molecule has 0 aromatic heterocycles. The van der Waals surface area contributed by atoms with Crippen LogP contribution in [0.25, 0.3) is 0 Å². The summed E-state index contributed by atoms with van der Waals surface area (Å²) in [7, 11) is 0. The lowest BCUT2D eigenvalue weighted by Gasteiger charge is -2.19. The number of carbonyl (C=O) groups is 2. The van der Waals surface area contributed by atoms with Crippen LogP contribution < -0.4 is 5.32 Å². The summed E-state index contributed by atoms with van der Waals surface area (Å²) < 4.78 is 0. The lowest BCUT2D eigenvalue weighted by Crippen LogP contribution is -2.28. The van der Waals surface area contributed by atoms with Gasteiger partial charge >= 0.3 is 0 Å². The summed E-state index contributed by atoms with van der Waals surface area (Å²) in [6, 6.07) is 5.14. The van der Waals surface area contributed by atoms with Gasteiger partial charge in [-0.05, 0) is 55.7 Å². The summed E-state index contributed by atoms with van der Waals surface area (Å²) in [5, 5.41) is 3.42. The number of hydrogen-bond donors (Lipinski definition) is 1. The number of nitrogens with one attached hydrogen (secondary N) is 1. The van der Waals surface area contributed by atoms with Crippen molar-refractivity contribution in [3.05, 3.63) is 40.9 Å². The second-order valence-electron chi connectivity index (χ2n) is 7.07. The number of allylic oxidation sites excluding steroid dienone is 2. The molecule has 1 heterocycles. The summed E-state index contributed by atoms with van der Waals surface area (Å²) in [5.41, 5.74) is 1.13. The molecule has 4 rings (SSSR count). The molecular formula is C19H21ClN2O2. The van der Waals surface area contributed by atoms with Crippen molar-refractivity contribution in [2.45, 2.75) is 25.7 Å². The molecule has 4 nitrogen and oxygen atoms in total. The van der Waals surface area contributed by atoms with Crippen LogP contribution in [-0.4, -0.2) is 29.8 Å². The highest BCUT2D eigenvalue weighted by Crippen LogP contribution is 2.44. The number of amides is 2. The summed E-state index contributed by atoms with van der Waals surface area (Å²) in [5.74, 6) is 0.948. The summed E-state index contributed by atoms with van der Waals surface area (Å²) in [4.78, 5) is 27.0. The zero-order valence-electron chi connectivity index (χ0n) is 13.5. The number of likely N-dealkylation sites (tertiary alicyclic amines) is 1. The highest BCUT2D eigenvalue weighted by Gasteiger charge is 2.39. The molecule has 2 aliphatic carbocycles. The van der Waals surface area contributed by atoms with Crippen LogP contribution in [0.2, 0.25) is 5.02 Å². The third kappa shape index (κ3) is 2.84. The number of hydrogen-bond acceptors (Lipinski definition) is 2. The fourth-order valence-electron chi connectivity index (χ4n) is 4.16. The third-order valence-corrected chi connectivity index (χ3v) is 5.81. The van der Waals surface area contributed by atoms with Gasteiger partial charge < -0.3 is 10.2 Å². The molecule has 2 amide bonds. The third-order valence-electron chi connectivity index (χ3n) is 5.48. The maximum Gasteiger partial charge on any atom is 0.253 e. The van der Waals surface area contributed by atoms with Gasteiger partial charge in [-0.3, -0.25) is 9.59 Å². The van der Waals surface area contributed by atoms with E-state index in [1.54, 1.807) is 18.2 Å². The van der Waals surface area contributed by atoms with Crippen LogP contribution in [0.5, 0.6) is 0 Å². The largest absolute Gasteiger partial charge is 0.339 e. The van der Waals surface area contributed by atoms with Crippen molar-refractivity contribution in [1.82, 2.24) is 4.90 Å². The first-order valence-corrected chi connectivity index (χ1v) is 9.07. The average Bonchev–Trinajstić information content (AvgIpc) is 3.33. The van der Waals surface area contributed by atoms with Gasteiger partial charge in [0.25, 0.3) is 5.91 Å². The van der Waals surface area contributed by atoms with E-state index in [9.17, 15) is 9.59 Å². The van der Waals surface area contributed by atoms with Gasteiger partial charge in [-0.2, -0.15) is 0 Å². The Morgan fingerprint density at radius 1 is 1.12 bits per heavy atom. The van der Waals surface area contributed by atoms with Crippen molar-refractivity contribution >= 4 is 29.1 Å². The Morgan fingerprint density at radius 2 is 1.92 bits per heavy atom. The highest BCUT2D eigenvalue weighted by atomic mass is 35.5. The van der Waals surface area contributed by atoms with E-state index in [2.05, 4.69) is 17.5 Å². The molecule has 1 saturated heterocycles. The molecule has 0 spiro atoms. The van der Waals surface area contributed by atoms with Gasteiger partial charge in [0.15, 0.2) is 0 Å². The number of nitrogens with zero attached hydrogens (tertiary/aromatic N) is 1. The molecule has 126 valence electrons. The average molecular weight is 345 g/mol. The van der Waals surface area contributed by atoms with Gasteiger partial charge in [0.2, 0.25) is 5.91 Å². The fourth-order valence-corrected chi connectivity index (χ4v) is 4.33. The Kier molecular flexibility index (Phi) is 4.09. The zero-order valence-corrected chi connectivity index (χ0v) is 14.3. The zero-order chi connectivity index (χ0) is 16.7. The van der Waals surface area contributed by atoms with Crippen molar-refractivity contribution < 1.29 is 9.59 Å². The Bertz CT molecular complexity index is 709. The first-order chi connectivity index (χ1) is 11.6. The molecule has 1 saturated carbocycles. The summed E-state index contributed by atoms with van der Waals surface area (Å²) in [6.07, 6.45) is 8.49. The molecule has 1 aromatic rings. The number of anilines is 1. The van der Waals surface area contributed by atoms with E-state index in [0.717, 1.165) is 38.8 Å². The van der Waals surface area contributed by atoms with Crippen LogP contribution in [0.3, 0.4) is 0 Å². The van der Waals surface area contributed by atoms with Crippen LogP contribution >= 0.6 is 11.6 Å². The van der Waals surface area contributed by atoms with Gasteiger partial charge in [0.05, 0.1) is 10.7 Å². The number of rotatable bonds is 3. The van der Waals surface area contributed by atoms with Crippen LogP contribution in [-0.2, 0) is 4.79 Å². The Labute approximate surface area is 146 Å². The monoisotopic (exact) mass is 344 g/mol. The highest BCUT2D eigenvalue weighted by molar-refractivity contribution is 6.34. The topological polar surface area (TPSA) is 49.4 Å². The molecule has 3 aliphatic rings. The van der Waals surface area contributed by atoms with Gasteiger partial charge in [-0.1, -0.05) is 23.8 Å². The minimum absolute atomic E-state index is 0.0134. The molecule has 2 fully saturated rings. The van der Waals surface area contributed by atoms with Crippen LogP contribution in [0.15, 0.2) is 30.4 Å².